The summed E-state index contributed by atoms with van der Waals surface area (Å²) in [7, 11) is 0. The first-order chi connectivity index (χ1) is 9.68. The van der Waals surface area contributed by atoms with Crippen LogP contribution in [0.1, 0.15) is 19.3 Å². The topological polar surface area (TPSA) is 72.9 Å². The van der Waals surface area contributed by atoms with Crippen LogP contribution in [0.2, 0.25) is 0 Å². The minimum atomic E-state index is -0.895. The molecule has 2 amide bonds. The maximum atomic E-state index is 12.1. The van der Waals surface area contributed by atoms with Crippen LogP contribution in [-0.4, -0.2) is 77.2 Å². The Morgan fingerprint density at radius 2 is 1.95 bits per heavy atom. The molecule has 2 aliphatic heterocycles. The number of rotatable bonds is 4. The van der Waals surface area contributed by atoms with E-state index in [1.165, 1.54) is 4.90 Å². The van der Waals surface area contributed by atoms with Gasteiger partial charge in [0.1, 0.15) is 6.04 Å². The number of nitrogens with zero attached hydrogens (tertiary/aromatic N) is 2. The molecule has 0 bridgehead atoms. The van der Waals surface area contributed by atoms with Crippen LogP contribution in [0.4, 0.5) is 4.79 Å². The van der Waals surface area contributed by atoms with Gasteiger partial charge in [-0.15, -0.1) is 0 Å². The van der Waals surface area contributed by atoms with Crippen molar-refractivity contribution in [3.63, 3.8) is 0 Å². The Kier molecular flexibility index (Phi) is 5.97. The average Bonchev–Trinajstić information content (AvgIpc) is 2.48. The van der Waals surface area contributed by atoms with E-state index in [1.807, 2.05) is 11.8 Å². The van der Waals surface area contributed by atoms with Crippen molar-refractivity contribution in [2.45, 2.75) is 25.3 Å². The molecule has 2 fully saturated rings. The highest BCUT2D eigenvalue weighted by atomic mass is 32.2. The van der Waals surface area contributed by atoms with Crippen LogP contribution >= 0.6 is 11.8 Å². The summed E-state index contributed by atoms with van der Waals surface area (Å²) < 4.78 is 0. The molecule has 0 aliphatic carbocycles. The van der Waals surface area contributed by atoms with Crippen molar-refractivity contribution in [3.8, 4) is 0 Å². The second-order valence-corrected chi connectivity index (χ2v) is 6.45. The SMILES string of the molecule is O=C(O)C1CCCCN1C(=O)NCCN1CCSCC1. The molecule has 0 aromatic rings. The third-order valence-corrected chi connectivity index (χ3v) is 4.80. The van der Waals surface area contributed by atoms with Gasteiger partial charge in [-0.05, 0) is 19.3 Å². The van der Waals surface area contributed by atoms with Crippen molar-refractivity contribution in [3.05, 3.63) is 0 Å². The van der Waals surface area contributed by atoms with Gasteiger partial charge in [0.25, 0.3) is 0 Å². The number of amides is 2. The van der Waals surface area contributed by atoms with Gasteiger partial charge in [-0.2, -0.15) is 11.8 Å². The normalized spacial score (nSPS) is 24.4. The zero-order valence-electron chi connectivity index (χ0n) is 11.7. The quantitative estimate of drug-likeness (QED) is 0.799. The minimum Gasteiger partial charge on any atom is -0.480 e. The van der Waals surface area contributed by atoms with Crippen molar-refractivity contribution in [2.75, 3.05) is 44.2 Å². The molecule has 2 heterocycles. The number of thioether (sulfide) groups is 1. The molecule has 0 saturated carbocycles. The van der Waals surface area contributed by atoms with Gasteiger partial charge >= 0.3 is 12.0 Å². The van der Waals surface area contributed by atoms with Gasteiger partial charge in [0.2, 0.25) is 0 Å². The smallest absolute Gasteiger partial charge is 0.326 e. The summed E-state index contributed by atoms with van der Waals surface area (Å²) in [6, 6.07) is -0.890. The van der Waals surface area contributed by atoms with E-state index < -0.39 is 12.0 Å². The third-order valence-electron chi connectivity index (χ3n) is 3.86. The van der Waals surface area contributed by atoms with Crippen molar-refractivity contribution < 1.29 is 14.7 Å². The second-order valence-electron chi connectivity index (χ2n) is 5.23. The molecule has 0 aromatic heterocycles. The predicted molar refractivity (Wildman–Crippen MR) is 79.1 cm³/mol. The minimum absolute atomic E-state index is 0.233. The molecule has 2 N–H and O–H groups in total. The van der Waals surface area contributed by atoms with E-state index in [0.717, 1.165) is 44.0 Å². The van der Waals surface area contributed by atoms with E-state index in [2.05, 4.69) is 10.2 Å². The molecule has 2 aliphatic rings. The fourth-order valence-electron chi connectivity index (χ4n) is 2.68. The Hall–Kier alpha value is -0.950. The lowest BCUT2D eigenvalue weighted by Crippen LogP contribution is -2.53. The summed E-state index contributed by atoms with van der Waals surface area (Å²) >= 11 is 1.96. The number of aliphatic carboxylic acids is 1. The summed E-state index contributed by atoms with van der Waals surface area (Å²) in [6.45, 7) is 4.12. The van der Waals surface area contributed by atoms with Gasteiger partial charge in [-0.3, -0.25) is 4.90 Å². The number of piperidine rings is 1. The van der Waals surface area contributed by atoms with Crippen molar-refractivity contribution in [1.29, 1.82) is 0 Å². The molecule has 1 unspecified atom stereocenters. The lowest BCUT2D eigenvalue weighted by atomic mass is 10.0. The van der Waals surface area contributed by atoms with Gasteiger partial charge in [0, 0.05) is 44.2 Å². The van der Waals surface area contributed by atoms with Crippen LogP contribution < -0.4 is 5.32 Å². The lowest BCUT2D eigenvalue weighted by molar-refractivity contribution is -0.143. The summed E-state index contributed by atoms with van der Waals surface area (Å²) in [5.41, 5.74) is 0. The second kappa shape index (κ2) is 7.73. The Bertz CT molecular complexity index is 348. The first kappa shape index (κ1) is 15.4. The molecule has 114 valence electrons. The first-order valence-corrected chi connectivity index (χ1v) is 8.41. The number of carbonyl (C=O) groups excluding carboxylic acids is 1. The summed E-state index contributed by atoms with van der Waals surface area (Å²) in [4.78, 5) is 27.0. The first-order valence-electron chi connectivity index (χ1n) is 7.26. The molecule has 0 spiro atoms. The number of hydrogen-bond donors (Lipinski definition) is 2. The largest absolute Gasteiger partial charge is 0.480 e. The number of likely N-dealkylation sites (tertiary alicyclic amines) is 1. The van der Waals surface area contributed by atoms with Crippen LogP contribution in [0.25, 0.3) is 0 Å². The highest BCUT2D eigenvalue weighted by molar-refractivity contribution is 7.99. The van der Waals surface area contributed by atoms with Gasteiger partial charge in [0.05, 0.1) is 0 Å². The Morgan fingerprint density at radius 3 is 2.65 bits per heavy atom. The molecular weight excluding hydrogens is 278 g/mol. The zero-order valence-corrected chi connectivity index (χ0v) is 12.5. The number of hydrogen-bond acceptors (Lipinski definition) is 4. The highest BCUT2D eigenvalue weighted by Crippen LogP contribution is 2.17. The van der Waals surface area contributed by atoms with Gasteiger partial charge in [-0.1, -0.05) is 0 Å². The van der Waals surface area contributed by atoms with Crippen LogP contribution in [0.5, 0.6) is 0 Å². The van der Waals surface area contributed by atoms with Crippen molar-refractivity contribution in [1.82, 2.24) is 15.1 Å². The van der Waals surface area contributed by atoms with Crippen LogP contribution in [-0.2, 0) is 4.79 Å². The van der Waals surface area contributed by atoms with Crippen LogP contribution in [0.3, 0.4) is 0 Å². The zero-order chi connectivity index (χ0) is 14.4. The van der Waals surface area contributed by atoms with E-state index in [0.29, 0.717) is 19.5 Å². The Balaban J connectivity index is 1.73. The predicted octanol–water partition coefficient (Wildman–Crippen LogP) is 0.684. The Morgan fingerprint density at radius 1 is 1.20 bits per heavy atom. The summed E-state index contributed by atoms with van der Waals surface area (Å²) in [5, 5.41) is 12.0. The van der Waals surface area contributed by atoms with Gasteiger partial charge in [-0.25, -0.2) is 9.59 Å². The third kappa shape index (κ3) is 4.28. The van der Waals surface area contributed by atoms with Crippen LogP contribution in [0, 0.1) is 0 Å². The number of carbonyl (C=O) groups is 2. The van der Waals surface area contributed by atoms with E-state index in [1.54, 1.807) is 0 Å². The van der Waals surface area contributed by atoms with E-state index >= 15 is 0 Å². The number of carboxylic acids is 1. The van der Waals surface area contributed by atoms with Gasteiger partial charge < -0.3 is 15.3 Å². The molecule has 0 aromatic carbocycles. The van der Waals surface area contributed by atoms with E-state index in [9.17, 15) is 9.59 Å². The maximum Gasteiger partial charge on any atom is 0.326 e. The molecule has 7 heteroatoms. The number of nitrogens with one attached hydrogen (secondary N) is 1. The number of carboxylic acid groups (broad SMARTS) is 1. The van der Waals surface area contributed by atoms with E-state index in [4.69, 9.17) is 5.11 Å². The molecule has 6 nitrogen and oxygen atoms in total. The maximum absolute atomic E-state index is 12.1. The fraction of sp³-hybridized carbons (Fsp3) is 0.846. The molecular formula is C13H23N3O3S. The molecule has 2 rings (SSSR count). The van der Waals surface area contributed by atoms with Crippen molar-refractivity contribution in [2.24, 2.45) is 0 Å². The number of urea groups is 1. The standard InChI is InChI=1S/C13H23N3O3S/c17-12(18)11-3-1-2-5-16(11)13(19)14-4-6-15-7-9-20-10-8-15/h11H,1-10H2,(H,14,19)(H,17,18). The molecule has 1 atom stereocenters. The summed E-state index contributed by atoms with van der Waals surface area (Å²) in [6.07, 6.45) is 2.33. The monoisotopic (exact) mass is 301 g/mol. The van der Waals surface area contributed by atoms with Gasteiger partial charge in [0.15, 0.2) is 0 Å². The lowest BCUT2D eigenvalue weighted by Gasteiger charge is -2.33. The molecule has 0 radical (unpaired) electrons. The average molecular weight is 301 g/mol. The Labute approximate surface area is 123 Å². The molecule has 20 heavy (non-hydrogen) atoms. The molecule has 2 saturated heterocycles. The highest BCUT2D eigenvalue weighted by Gasteiger charge is 2.31. The summed E-state index contributed by atoms with van der Waals surface area (Å²) in [5.74, 6) is 1.41. The van der Waals surface area contributed by atoms with Crippen molar-refractivity contribution >= 4 is 23.8 Å². The van der Waals surface area contributed by atoms with E-state index in [-0.39, 0.29) is 6.03 Å². The van der Waals surface area contributed by atoms with Crippen LogP contribution in [0.15, 0.2) is 0 Å². The fourth-order valence-corrected chi connectivity index (χ4v) is 3.66.